The average molecular weight is 429 g/mol. The van der Waals surface area contributed by atoms with Crippen molar-refractivity contribution in [2.45, 2.75) is 28.0 Å². The van der Waals surface area contributed by atoms with E-state index in [4.69, 9.17) is 4.18 Å². The van der Waals surface area contributed by atoms with Gasteiger partial charge >= 0.3 is 5.97 Å². The molecule has 0 fully saturated rings. The number of benzene rings is 4. The molecule has 4 rings (SSSR count). The van der Waals surface area contributed by atoms with Gasteiger partial charge in [0, 0.05) is 14.7 Å². The Labute approximate surface area is 184 Å². The number of aryl methyl sites for hydroxylation is 1. The molecule has 0 aliphatic carbocycles. The summed E-state index contributed by atoms with van der Waals surface area (Å²) in [6.07, 6.45) is 0.928. The second-order valence-electron chi connectivity index (χ2n) is 7.07. The van der Waals surface area contributed by atoms with Crippen molar-refractivity contribution in [1.29, 1.82) is 0 Å². The molecule has 0 unspecified atom stereocenters. The van der Waals surface area contributed by atoms with Crippen molar-refractivity contribution in [3.63, 3.8) is 0 Å². The lowest BCUT2D eigenvalue weighted by atomic mass is 10.2. The van der Waals surface area contributed by atoms with Crippen molar-refractivity contribution in [3.05, 3.63) is 120 Å². The van der Waals surface area contributed by atoms with Crippen LogP contribution in [0.25, 0.3) is 0 Å². The Balaban J connectivity index is 1.95. The number of hydrogen-bond donors (Lipinski definition) is 1. The van der Waals surface area contributed by atoms with Gasteiger partial charge in [0.05, 0.1) is 0 Å². The van der Waals surface area contributed by atoms with Gasteiger partial charge in [-0.1, -0.05) is 67.6 Å². The molecule has 3 nitrogen and oxygen atoms in total. The number of carbonyl (C=O) groups is 1. The monoisotopic (exact) mass is 428 g/mol. The molecule has 0 amide bonds. The molecule has 0 heterocycles. The first kappa shape index (κ1) is 20.8. The summed E-state index contributed by atoms with van der Waals surface area (Å²) in [4.78, 5) is 16.1. The first-order valence-corrected chi connectivity index (χ1v) is 11.7. The molecule has 4 heteroatoms. The number of rotatable bonds is 6. The van der Waals surface area contributed by atoms with Crippen molar-refractivity contribution in [1.82, 2.24) is 0 Å². The number of carbonyl (C=O) groups excluding carboxylic acids is 1. The fourth-order valence-corrected chi connectivity index (χ4v) is 6.52. The van der Waals surface area contributed by atoms with Crippen molar-refractivity contribution in [2.75, 3.05) is 0 Å². The molecule has 0 saturated carbocycles. The molecule has 156 valence electrons. The summed E-state index contributed by atoms with van der Waals surface area (Å²) in [5.41, 5.74) is 1.36. The largest absolute Gasteiger partial charge is 0.507 e. The lowest BCUT2D eigenvalue weighted by Gasteiger charge is -2.39. The number of para-hydroxylation sites is 1. The van der Waals surface area contributed by atoms with Crippen molar-refractivity contribution in [2.24, 2.45) is 0 Å². The molecule has 0 saturated heterocycles. The third kappa shape index (κ3) is 4.07. The first-order valence-electron chi connectivity index (χ1n) is 10.2. The minimum Gasteiger partial charge on any atom is -0.507 e. The average Bonchev–Trinajstić information content (AvgIpc) is 2.84. The topological polar surface area (TPSA) is 46.5 Å². The summed E-state index contributed by atoms with van der Waals surface area (Å²) >= 11 is 0. The van der Waals surface area contributed by atoms with E-state index in [2.05, 4.69) is 19.1 Å². The zero-order valence-electron chi connectivity index (χ0n) is 17.3. The van der Waals surface area contributed by atoms with Crippen LogP contribution >= 0.6 is 10.3 Å². The van der Waals surface area contributed by atoms with Gasteiger partial charge in [-0.3, -0.25) is 0 Å². The maximum absolute atomic E-state index is 13.4. The Morgan fingerprint density at radius 2 is 1.19 bits per heavy atom. The number of phenolic OH excluding ortho intramolecular Hbond substituents is 1. The zero-order valence-corrected chi connectivity index (χ0v) is 18.1. The molecule has 31 heavy (non-hydrogen) atoms. The van der Waals surface area contributed by atoms with Gasteiger partial charge in [-0.05, 0) is 70.8 Å². The summed E-state index contributed by atoms with van der Waals surface area (Å²) in [7, 11) is -2.38. The van der Waals surface area contributed by atoms with Crippen LogP contribution in [0.5, 0.6) is 5.75 Å². The highest BCUT2D eigenvalue weighted by Gasteiger charge is 2.36. The second kappa shape index (κ2) is 9.11. The summed E-state index contributed by atoms with van der Waals surface area (Å²) < 4.78 is 6.42. The third-order valence-electron chi connectivity index (χ3n) is 5.14. The summed E-state index contributed by atoms with van der Waals surface area (Å²) in [5, 5.41) is 10.3. The number of hydrogen-bond acceptors (Lipinski definition) is 3. The maximum Gasteiger partial charge on any atom is 0.353 e. The third-order valence-corrected chi connectivity index (χ3v) is 8.35. The molecule has 0 bridgehead atoms. The molecular formula is C27H24O3S. The Hall–Kier alpha value is -3.50. The van der Waals surface area contributed by atoms with Crippen molar-refractivity contribution < 1.29 is 14.1 Å². The molecule has 0 atom stereocenters. The fourth-order valence-electron chi connectivity index (χ4n) is 3.50. The zero-order chi connectivity index (χ0) is 21.7. The summed E-state index contributed by atoms with van der Waals surface area (Å²) in [5.74, 6) is -0.649. The normalized spacial score (nSPS) is 11.6. The van der Waals surface area contributed by atoms with Crippen LogP contribution in [0.2, 0.25) is 0 Å². The Kier molecular flexibility index (Phi) is 6.10. The number of phenols is 1. The van der Waals surface area contributed by atoms with Crippen molar-refractivity contribution >= 4 is 16.3 Å². The second-order valence-corrected chi connectivity index (χ2v) is 9.76. The van der Waals surface area contributed by atoms with Gasteiger partial charge in [0.2, 0.25) is 0 Å². The molecule has 0 aliphatic rings. The van der Waals surface area contributed by atoms with E-state index in [1.165, 1.54) is 11.6 Å². The Morgan fingerprint density at radius 1 is 0.710 bits per heavy atom. The predicted octanol–water partition coefficient (Wildman–Crippen LogP) is 7.01. The lowest BCUT2D eigenvalue weighted by Crippen LogP contribution is -2.14. The van der Waals surface area contributed by atoms with E-state index in [-0.39, 0.29) is 11.3 Å². The predicted molar refractivity (Wildman–Crippen MR) is 125 cm³/mol. The van der Waals surface area contributed by atoms with E-state index in [1.54, 1.807) is 18.2 Å². The van der Waals surface area contributed by atoms with E-state index >= 15 is 0 Å². The minimum atomic E-state index is -2.38. The molecule has 0 aliphatic heterocycles. The first-order chi connectivity index (χ1) is 15.1. The van der Waals surface area contributed by atoms with Crippen LogP contribution in [0, 0.1) is 0 Å². The van der Waals surface area contributed by atoms with Gasteiger partial charge < -0.3 is 9.29 Å². The van der Waals surface area contributed by atoms with Gasteiger partial charge in [-0.15, -0.1) is 0 Å². The molecular weight excluding hydrogens is 404 g/mol. The van der Waals surface area contributed by atoms with Gasteiger partial charge in [0.15, 0.2) is 0 Å². The van der Waals surface area contributed by atoms with E-state index < -0.39 is 16.3 Å². The molecule has 0 spiro atoms. The fraction of sp³-hybridized carbons (Fsp3) is 0.0741. The highest BCUT2D eigenvalue weighted by atomic mass is 32.3. The minimum absolute atomic E-state index is 0.0942. The maximum atomic E-state index is 13.4. The summed E-state index contributed by atoms with van der Waals surface area (Å²) in [6, 6.07) is 34.4. The van der Waals surface area contributed by atoms with Gasteiger partial charge in [0.1, 0.15) is 11.3 Å². The van der Waals surface area contributed by atoms with Crippen LogP contribution in [-0.4, -0.2) is 11.1 Å². The van der Waals surface area contributed by atoms with Gasteiger partial charge in [-0.2, -0.15) is 0 Å². The van der Waals surface area contributed by atoms with E-state index in [0.29, 0.717) is 0 Å². The van der Waals surface area contributed by atoms with Crippen LogP contribution in [-0.2, 0) is 10.6 Å². The summed E-state index contributed by atoms with van der Waals surface area (Å²) in [6.45, 7) is 2.11. The Bertz CT molecular complexity index is 1120. The highest BCUT2D eigenvalue weighted by molar-refractivity contribution is 8.30. The van der Waals surface area contributed by atoms with Crippen LogP contribution in [0.1, 0.15) is 22.8 Å². The highest BCUT2D eigenvalue weighted by Crippen LogP contribution is 2.69. The van der Waals surface area contributed by atoms with Crippen LogP contribution in [0.4, 0.5) is 0 Å². The van der Waals surface area contributed by atoms with Crippen LogP contribution in [0.3, 0.4) is 0 Å². The standard InChI is InChI=1S/C27H24O3S/c1-2-21-17-19-24(20-18-21)31(22-11-5-3-6-12-22,23-13-7-4-8-14-23)30-27(29)25-15-9-10-16-26(25)28/h3-20,28H,2H2,1H3. The van der Waals surface area contributed by atoms with Crippen molar-refractivity contribution in [3.8, 4) is 5.75 Å². The molecule has 4 aromatic carbocycles. The quantitative estimate of drug-likeness (QED) is 0.359. The van der Waals surface area contributed by atoms with Crippen LogP contribution < -0.4 is 0 Å². The van der Waals surface area contributed by atoms with E-state index in [9.17, 15) is 9.90 Å². The van der Waals surface area contributed by atoms with Gasteiger partial charge in [0.25, 0.3) is 0 Å². The molecule has 1 N–H and O–H groups in total. The number of aromatic hydroxyl groups is 1. The van der Waals surface area contributed by atoms with Crippen LogP contribution in [0.15, 0.2) is 124 Å². The molecule has 0 radical (unpaired) electrons. The van der Waals surface area contributed by atoms with Gasteiger partial charge in [-0.25, -0.2) is 4.79 Å². The Morgan fingerprint density at radius 3 is 1.71 bits per heavy atom. The lowest BCUT2D eigenvalue weighted by molar-refractivity contribution is 0.0754. The van der Waals surface area contributed by atoms with E-state index in [0.717, 1.165) is 21.1 Å². The smallest absolute Gasteiger partial charge is 0.353 e. The molecule has 4 aromatic rings. The molecule has 0 aromatic heterocycles. The SMILES string of the molecule is CCc1ccc(S(OC(=O)c2ccccc2O)(c2ccccc2)c2ccccc2)cc1. The van der Waals surface area contributed by atoms with E-state index in [1.807, 2.05) is 72.8 Å².